The van der Waals surface area contributed by atoms with Crippen molar-refractivity contribution in [1.29, 1.82) is 0 Å². The number of hydrogen-bond donors (Lipinski definition) is 2. The van der Waals surface area contributed by atoms with Crippen molar-refractivity contribution in [2.45, 2.75) is 56.6 Å². The number of aryl methyl sites for hydroxylation is 2. The van der Waals surface area contributed by atoms with Gasteiger partial charge in [0.05, 0.1) is 22.7 Å². The zero-order valence-corrected chi connectivity index (χ0v) is 17.7. The van der Waals surface area contributed by atoms with Crippen molar-refractivity contribution in [3.63, 3.8) is 0 Å². The molecule has 2 aromatic carbocycles. The number of carbonyl (C=O) groups is 1. The van der Waals surface area contributed by atoms with Crippen LogP contribution < -0.4 is 9.62 Å². The van der Waals surface area contributed by atoms with Crippen LogP contribution in [0.4, 0.5) is 5.69 Å². The summed E-state index contributed by atoms with van der Waals surface area (Å²) in [7, 11) is -3.92. The second-order valence-corrected chi connectivity index (χ2v) is 9.55. The van der Waals surface area contributed by atoms with E-state index in [4.69, 9.17) is 0 Å². The summed E-state index contributed by atoms with van der Waals surface area (Å²) in [5, 5.41) is 12.9. The molecule has 0 spiro atoms. The molecule has 156 valence electrons. The van der Waals surface area contributed by atoms with Crippen LogP contribution in [0.25, 0.3) is 0 Å². The van der Waals surface area contributed by atoms with Crippen molar-refractivity contribution in [2.24, 2.45) is 0 Å². The summed E-state index contributed by atoms with van der Waals surface area (Å²) in [6.07, 6.45) is 2.63. The Labute approximate surface area is 172 Å². The molecule has 1 aliphatic carbocycles. The molecule has 2 aromatic rings. The lowest BCUT2D eigenvalue weighted by atomic mass is 9.92. The first kappa shape index (κ1) is 21.3. The largest absolute Gasteiger partial charge is 0.391 e. The van der Waals surface area contributed by atoms with E-state index in [2.05, 4.69) is 5.32 Å². The lowest BCUT2D eigenvalue weighted by Gasteiger charge is -2.30. The maximum absolute atomic E-state index is 13.3. The number of anilines is 1. The summed E-state index contributed by atoms with van der Waals surface area (Å²) in [4.78, 5) is 12.8. The number of nitrogens with one attached hydrogen (secondary N) is 1. The highest BCUT2D eigenvalue weighted by Crippen LogP contribution is 2.25. The zero-order chi connectivity index (χ0) is 21.0. The van der Waals surface area contributed by atoms with Crippen molar-refractivity contribution in [2.75, 3.05) is 10.8 Å². The summed E-state index contributed by atoms with van der Waals surface area (Å²) in [5.74, 6) is -0.424. The number of aliphatic hydroxyl groups is 1. The molecule has 3 rings (SSSR count). The zero-order valence-electron chi connectivity index (χ0n) is 16.8. The molecule has 6 nitrogen and oxygen atoms in total. The molecule has 1 aliphatic rings. The number of sulfonamides is 1. The Morgan fingerprint density at radius 1 is 1.00 bits per heavy atom. The minimum atomic E-state index is -3.92. The topological polar surface area (TPSA) is 86.7 Å². The van der Waals surface area contributed by atoms with Crippen molar-refractivity contribution < 1.29 is 18.3 Å². The molecule has 7 heteroatoms. The first-order valence-electron chi connectivity index (χ1n) is 9.91. The lowest BCUT2D eigenvalue weighted by Crippen LogP contribution is -2.49. The predicted molar refractivity (Wildman–Crippen MR) is 113 cm³/mol. The molecule has 2 N–H and O–H groups in total. The van der Waals surface area contributed by atoms with Gasteiger partial charge in [0, 0.05) is 0 Å². The highest BCUT2D eigenvalue weighted by Gasteiger charge is 2.30. The average Bonchev–Trinajstić information content (AvgIpc) is 2.69. The van der Waals surface area contributed by atoms with Gasteiger partial charge in [-0.1, -0.05) is 48.2 Å². The second-order valence-electron chi connectivity index (χ2n) is 7.69. The summed E-state index contributed by atoms with van der Waals surface area (Å²) in [5.41, 5.74) is 2.38. The van der Waals surface area contributed by atoms with E-state index in [0.29, 0.717) is 18.5 Å². The molecule has 29 heavy (non-hydrogen) atoms. The van der Waals surface area contributed by atoms with Crippen LogP contribution in [0.3, 0.4) is 0 Å². The molecule has 0 aromatic heterocycles. The number of rotatable bonds is 6. The van der Waals surface area contributed by atoms with E-state index >= 15 is 0 Å². The smallest absolute Gasteiger partial charge is 0.264 e. The maximum Gasteiger partial charge on any atom is 0.264 e. The van der Waals surface area contributed by atoms with E-state index < -0.39 is 22.0 Å². The monoisotopic (exact) mass is 416 g/mol. The molecule has 2 atom stereocenters. The Hall–Kier alpha value is -2.38. The van der Waals surface area contributed by atoms with Crippen LogP contribution in [0.2, 0.25) is 0 Å². The van der Waals surface area contributed by atoms with Crippen LogP contribution in [0.15, 0.2) is 53.4 Å². The average molecular weight is 417 g/mol. The van der Waals surface area contributed by atoms with Gasteiger partial charge in [0.2, 0.25) is 5.91 Å². The summed E-state index contributed by atoms with van der Waals surface area (Å²) < 4.78 is 27.8. The van der Waals surface area contributed by atoms with Crippen LogP contribution in [-0.2, 0) is 14.8 Å². The third kappa shape index (κ3) is 5.16. The number of aliphatic hydroxyl groups excluding tert-OH is 1. The molecular weight excluding hydrogens is 388 g/mol. The number of nitrogens with zero attached hydrogens (tertiary/aromatic N) is 1. The summed E-state index contributed by atoms with van der Waals surface area (Å²) in [6.45, 7) is 3.46. The molecule has 0 unspecified atom stereocenters. The number of hydrogen-bond acceptors (Lipinski definition) is 4. The number of amides is 1. The highest BCUT2D eigenvalue weighted by atomic mass is 32.2. The van der Waals surface area contributed by atoms with Crippen molar-refractivity contribution >= 4 is 21.6 Å². The van der Waals surface area contributed by atoms with Gasteiger partial charge in [-0.25, -0.2) is 8.42 Å². The standard InChI is InChI=1S/C22H28N2O4S/c1-16-7-11-18(12-8-16)24(29(27,28)19-13-9-17(2)10-14-19)15-22(26)23-20-5-3-4-6-21(20)25/h7-14,20-21,25H,3-6,15H2,1-2H3,(H,23,26)/t20-,21-/m0/s1. The third-order valence-electron chi connectivity index (χ3n) is 5.29. The molecule has 1 saturated carbocycles. The molecule has 0 aliphatic heterocycles. The van der Waals surface area contributed by atoms with E-state index in [0.717, 1.165) is 28.3 Å². The van der Waals surface area contributed by atoms with E-state index in [1.165, 1.54) is 0 Å². The second kappa shape index (κ2) is 8.97. The SMILES string of the molecule is Cc1ccc(N(CC(=O)N[C@H]2CCCC[C@@H]2O)S(=O)(=O)c2ccc(C)cc2)cc1. The lowest BCUT2D eigenvalue weighted by molar-refractivity contribution is -0.121. The van der Waals surface area contributed by atoms with Gasteiger partial charge in [-0.15, -0.1) is 0 Å². The quantitative estimate of drug-likeness (QED) is 0.758. The molecule has 1 amide bonds. The van der Waals surface area contributed by atoms with Gasteiger partial charge >= 0.3 is 0 Å². The van der Waals surface area contributed by atoms with Crippen LogP contribution in [0.5, 0.6) is 0 Å². The van der Waals surface area contributed by atoms with Gasteiger partial charge in [0.1, 0.15) is 6.54 Å². The Morgan fingerprint density at radius 2 is 1.55 bits per heavy atom. The van der Waals surface area contributed by atoms with Crippen LogP contribution in [0, 0.1) is 13.8 Å². The maximum atomic E-state index is 13.3. The van der Waals surface area contributed by atoms with Gasteiger partial charge in [-0.05, 0) is 51.0 Å². The van der Waals surface area contributed by atoms with E-state index in [1.807, 2.05) is 26.0 Å². The first-order chi connectivity index (χ1) is 13.8. The fraction of sp³-hybridized carbons (Fsp3) is 0.409. The molecule has 0 saturated heterocycles. The number of carbonyl (C=O) groups excluding carboxylic acids is 1. The Kier molecular flexibility index (Phi) is 6.59. The third-order valence-corrected chi connectivity index (χ3v) is 7.08. The fourth-order valence-corrected chi connectivity index (χ4v) is 4.95. The van der Waals surface area contributed by atoms with E-state index in [9.17, 15) is 18.3 Å². The van der Waals surface area contributed by atoms with Gasteiger partial charge in [-0.3, -0.25) is 9.10 Å². The molecule has 0 radical (unpaired) electrons. The Morgan fingerprint density at radius 3 is 2.14 bits per heavy atom. The van der Waals surface area contributed by atoms with Gasteiger partial charge < -0.3 is 10.4 Å². The van der Waals surface area contributed by atoms with Crippen LogP contribution >= 0.6 is 0 Å². The molecule has 1 fully saturated rings. The predicted octanol–water partition coefficient (Wildman–Crippen LogP) is 2.92. The van der Waals surface area contributed by atoms with E-state index in [1.54, 1.807) is 36.4 Å². The fourth-order valence-electron chi connectivity index (χ4n) is 3.53. The molecule has 0 heterocycles. The highest BCUT2D eigenvalue weighted by molar-refractivity contribution is 7.92. The van der Waals surface area contributed by atoms with Crippen molar-refractivity contribution in [3.05, 3.63) is 59.7 Å². The normalized spacial score (nSPS) is 19.6. The van der Waals surface area contributed by atoms with Gasteiger partial charge in [0.25, 0.3) is 10.0 Å². The van der Waals surface area contributed by atoms with Gasteiger partial charge in [0.15, 0.2) is 0 Å². The van der Waals surface area contributed by atoms with Crippen molar-refractivity contribution in [3.8, 4) is 0 Å². The van der Waals surface area contributed by atoms with Crippen molar-refractivity contribution in [1.82, 2.24) is 5.32 Å². The summed E-state index contributed by atoms with van der Waals surface area (Å²) >= 11 is 0. The minimum Gasteiger partial charge on any atom is -0.391 e. The minimum absolute atomic E-state index is 0.133. The van der Waals surface area contributed by atoms with Gasteiger partial charge in [-0.2, -0.15) is 0 Å². The Balaban J connectivity index is 1.87. The summed E-state index contributed by atoms with van der Waals surface area (Å²) in [6, 6.07) is 13.3. The first-order valence-corrected chi connectivity index (χ1v) is 11.3. The Bertz CT molecular complexity index is 940. The number of benzene rings is 2. The van der Waals surface area contributed by atoms with Crippen LogP contribution in [-0.4, -0.2) is 38.1 Å². The van der Waals surface area contributed by atoms with E-state index in [-0.39, 0.29) is 17.5 Å². The molecule has 0 bridgehead atoms. The van der Waals surface area contributed by atoms with Crippen LogP contribution in [0.1, 0.15) is 36.8 Å². The molecular formula is C22H28N2O4S.